The van der Waals surface area contributed by atoms with Gasteiger partial charge >= 0.3 is 12.0 Å². The van der Waals surface area contributed by atoms with Crippen molar-refractivity contribution >= 4 is 17.9 Å². The molecule has 0 atom stereocenters. The van der Waals surface area contributed by atoms with Crippen LogP contribution >= 0.6 is 0 Å². The van der Waals surface area contributed by atoms with Crippen molar-refractivity contribution in [2.75, 3.05) is 11.9 Å². The lowest BCUT2D eigenvalue weighted by Crippen LogP contribution is -2.44. The van der Waals surface area contributed by atoms with Crippen molar-refractivity contribution in [3.63, 3.8) is 0 Å². The summed E-state index contributed by atoms with van der Waals surface area (Å²) in [5.41, 5.74) is 0. The van der Waals surface area contributed by atoms with Crippen molar-refractivity contribution in [3.8, 4) is 0 Å². The summed E-state index contributed by atoms with van der Waals surface area (Å²) in [6.45, 7) is -0.323. The molecule has 2 N–H and O–H groups in total. The molecular weight excluding hydrogens is 252 g/mol. The monoisotopic (exact) mass is 268 g/mol. The van der Waals surface area contributed by atoms with E-state index in [1.165, 1.54) is 9.70 Å². The Kier molecular flexibility index (Phi) is 3.93. The van der Waals surface area contributed by atoms with Gasteiger partial charge in [0.15, 0.2) is 0 Å². The van der Waals surface area contributed by atoms with E-state index >= 15 is 0 Å². The van der Waals surface area contributed by atoms with Crippen LogP contribution in [-0.2, 0) is 11.8 Å². The zero-order valence-corrected chi connectivity index (χ0v) is 10.6. The number of tetrazole rings is 1. The molecule has 1 heterocycles. The molecule has 1 aromatic rings. The van der Waals surface area contributed by atoms with Gasteiger partial charge in [-0.3, -0.25) is 10.1 Å². The normalized spacial score (nSPS) is 15.4. The summed E-state index contributed by atoms with van der Waals surface area (Å²) in [5, 5.41) is 22.4. The largest absolute Gasteiger partial charge is 0.480 e. The molecule has 0 aliphatic heterocycles. The number of carbonyl (C=O) groups excluding carboxylic acids is 1. The molecule has 0 unspecified atom stereocenters. The number of hydrogen-bond donors (Lipinski definition) is 2. The molecule has 1 fully saturated rings. The van der Waals surface area contributed by atoms with Crippen molar-refractivity contribution in [3.05, 3.63) is 0 Å². The average Bonchev–Trinajstić information content (AvgIpc) is 2.97. The Hall–Kier alpha value is -2.19. The van der Waals surface area contributed by atoms with Crippen LogP contribution in [0.15, 0.2) is 0 Å². The lowest BCUT2D eigenvalue weighted by atomic mass is 10.2. The number of aliphatic carboxylic acids is 1. The first-order valence-corrected chi connectivity index (χ1v) is 6.09. The number of urea groups is 1. The van der Waals surface area contributed by atoms with Crippen molar-refractivity contribution in [1.82, 2.24) is 25.1 Å². The summed E-state index contributed by atoms with van der Waals surface area (Å²) >= 11 is 0. The van der Waals surface area contributed by atoms with E-state index in [2.05, 4.69) is 20.7 Å². The average molecular weight is 268 g/mol. The second-order valence-electron chi connectivity index (χ2n) is 4.49. The van der Waals surface area contributed by atoms with Crippen LogP contribution in [0.3, 0.4) is 0 Å². The summed E-state index contributed by atoms with van der Waals surface area (Å²) in [5.74, 6) is -0.963. The number of anilines is 1. The third-order valence-corrected chi connectivity index (χ3v) is 3.06. The van der Waals surface area contributed by atoms with E-state index in [1.54, 1.807) is 7.05 Å². The third kappa shape index (κ3) is 3.39. The Labute approximate surface area is 109 Å². The number of carbonyl (C=O) groups is 2. The quantitative estimate of drug-likeness (QED) is 0.799. The minimum atomic E-state index is -1.03. The standard InChI is InChI=1S/C10H16N6O3/c1-15-13-9(12-14-15)11-10(19)16(6-8(17)18)7-4-2-3-5-7/h7H,2-6H2,1H3,(H,17,18)(H,11,13,19). The van der Waals surface area contributed by atoms with Crippen LogP contribution in [0.5, 0.6) is 0 Å². The number of carboxylic acids is 1. The molecule has 1 aliphatic carbocycles. The van der Waals surface area contributed by atoms with Crippen LogP contribution in [0.1, 0.15) is 25.7 Å². The summed E-state index contributed by atoms with van der Waals surface area (Å²) in [4.78, 5) is 25.5. The van der Waals surface area contributed by atoms with Crippen LogP contribution in [0.2, 0.25) is 0 Å². The van der Waals surface area contributed by atoms with Crippen molar-refractivity contribution < 1.29 is 14.7 Å². The highest BCUT2D eigenvalue weighted by Crippen LogP contribution is 2.23. The number of aromatic nitrogens is 4. The number of nitrogens with zero attached hydrogens (tertiary/aromatic N) is 5. The van der Waals surface area contributed by atoms with Gasteiger partial charge in [0.2, 0.25) is 0 Å². The number of nitrogens with one attached hydrogen (secondary N) is 1. The number of rotatable bonds is 4. The number of amides is 2. The maximum absolute atomic E-state index is 12.1. The summed E-state index contributed by atoms with van der Waals surface area (Å²) in [6.07, 6.45) is 3.68. The molecule has 0 radical (unpaired) electrons. The second-order valence-corrected chi connectivity index (χ2v) is 4.49. The molecule has 9 heteroatoms. The van der Waals surface area contributed by atoms with Crippen LogP contribution < -0.4 is 5.32 Å². The highest BCUT2D eigenvalue weighted by atomic mass is 16.4. The van der Waals surface area contributed by atoms with E-state index in [9.17, 15) is 9.59 Å². The van der Waals surface area contributed by atoms with Gasteiger partial charge in [-0.05, 0) is 18.1 Å². The molecule has 0 bridgehead atoms. The van der Waals surface area contributed by atoms with Gasteiger partial charge < -0.3 is 10.0 Å². The van der Waals surface area contributed by atoms with Crippen LogP contribution in [0.4, 0.5) is 10.7 Å². The smallest absolute Gasteiger partial charge is 0.325 e. The van der Waals surface area contributed by atoms with Gasteiger partial charge in [0, 0.05) is 6.04 Å². The predicted molar refractivity (Wildman–Crippen MR) is 64.4 cm³/mol. The fraction of sp³-hybridized carbons (Fsp3) is 0.700. The first kappa shape index (κ1) is 13.2. The lowest BCUT2D eigenvalue weighted by molar-refractivity contribution is -0.138. The molecule has 2 amide bonds. The fourth-order valence-electron chi connectivity index (χ4n) is 2.23. The summed E-state index contributed by atoms with van der Waals surface area (Å²) in [6, 6.07) is -0.532. The van der Waals surface area contributed by atoms with Gasteiger partial charge in [-0.25, -0.2) is 4.79 Å². The number of carboxylic acid groups (broad SMARTS) is 1. The number of hydrogen-bond acceptors (Lipinski definition) is 5. The maximum Gasteiger partial charge on any atom is 0.325 e. The Morgan fingerprint density at radius 3 is 2.68 bits per heavy atom. The molecule has 0 spiro atoms. The highest BCUT2D eigenvalue weighted by molar-refractivity contribution is 5.89. The van der Waals surface area contributed by atoms with E-state index in [1.807, 2.05) is 0 Å². The van der Waals surface area contributed by atoms with Gasteiger partial charge in [-0.15, -0.1) is 5.10 Å². The molecule has 1 saturated carbocycles. The van der Waals surface area contributed by atoms with Crippen molar-refractivity contribution in [2.24, 2.45) is 7.05 Å². The molecule has 1 aliphatic rings. The molecular formula is C10H16N6O3. The molecule has 104 valence electrons. The van der Waals surface area contributed by atoms with Crippen LogP contribution in [-0.4, -0.2) is 54.8 Å². The molecule has 1 aromatic heterocycles. The zero-order chi connectivity index (χ0) is 13.8. The third-order valence-electron chi connectivity index (χ3n) is 3.06. The molecule has 9 nitrogen and oxygen atoms in total. The van der Waals surface area contributed by atoms with Crippen molar-refractivity contribution in [2.45, 2.75) is 31.7 Å². The molecule has 2 rings (SSSR count). The topological polar surface area (TPSA) is 113 Å². The SMILES string of the molecule is Cn1nnc(NC(=O)N(CC(=O)O)C2CCCC2)n1. The Balaban J connectivity index is 2.04. The Morgan fingerprint density at radius 1 is 1.47 bits per heavy atom. The highest BCUT2D eigenvalue weighted by Gasteiger charge is 2.28. The first-order valence-electron chi connectivity index (χ1n) is 6.09. The Bertz CT molecular complexity index is 468. The van der Waals surface area contributed by atoms with Crippen LogP contribution in [0.25, 0.3) is 0 Å². The van der Waals surface area contributed by atoms with Gasteiger partial charge in [0.1, 0.15) is 6.54 Å². The van der Waals surface area contributed by atoms with Crippen LogP contribution in [0, 0.1) is 0 Å². The van der Waals surface area contributed by atoms with E-state index < -0.39 is 12.0 Å². The molecule has 19 heavy (non-hydrogen) atoms. The first-order chi connectivity index (χ1) is 9.06. The summed E-state index contributed by atoms with van der Waals surface area (Å²) in [7, 11) is 1.58. The van der Waals surface area contributed by atoms with E-state index in [0.717, 1.165) is 25.7 Å². The molecule has 0 saturated heterocycles. The van der Waals surface area contributed by atoms with Crippen molar-refractivity contribution in [1.29, 1.82) is 0 Å². The second kappa shape index (κ2) is 5.63. The van der Waals surface area contributed by atoms with E-state index in [4.69, 9.17) is 5.11 Å². The Morgan fingerprint density at radius 2 is 2.16 bits per heavy atom. The summed E-state index contributed by atoms with van der Waals surface area (Å²) < 4.78 is 0. The van der Waals surface area contributed by atoms with Gasteiger partial charge in [-0.2, -0.15) is 4.80 Å². The van der Waals surface area contributed by atoms with Gasteiger partial charge in [0.05, 0.1) is 7.05 Å². The fourth-order valence-corrected chi connectivity index (χ4v) is 2.23. The lowest BCUT2D eigenvalue weighted by Gasteiger charge is -2.26. The predicted octanol–water partition coefficient (Wildman–Crippen LogP) is 0.0712. The van der Waals surface area contributed by atoms with E-state index in [-0.39, 0.29) is 18.5 Å². The van der Waals surface area contributed by atoms with Gasteiger partial charge in [0.25, 0.3) is 5.95 Å². The zero-order valence-electron chi connectivity index (χ0n) is 10.6. The number of aryl methyl sites for hydroxylation is 1. The maximum atomic E-state index is 12.1. The molecule has 0 aromatic carbocycles. The van der Waals surface area contributed by atoms with Gasteiger partial charge in [-0.1, -0.05) is 17.9 Å². The van der Waals surface area contributed by atoms with E-state index in [0.29, 0.717) is 0 Å². The minimum absolute atomic E-state index is 0.0345. The minimum Gasteiger partial charge on any atom is -0.480 e.